The Balaban J connectivity index is 2.05. The van der Waals surface area contributed by atoms with Crippen molar-refractivity contribution in [2.75, 3.05) is 6.54 Å². The van der Waals surface area contributed by atoms with Crippen molar-refractivity contribution in [3.05, 3.63) is 76.1 Å². The van der Waals surface area contributed by atoms with E-state index in [4.69, 9.17) is 4.98 Å². The summed E-state index contributed by atoms with van der Waals surface area (Å²) >= 11 is 0. The Labute approximate surface area is 188 Å². The zero-order valence-corrected chi connectivity index (χ0v) is 19.2. The number of hydrogen-bond acceptors (Lipinski definition) is 3. The Morgan fingerprint density at radius 3 is 2.56 bits per heavy atom. The predicted octanol–water partition coefficient (Wildman–Crippen LogP) is 5.73. The molecule has 5 nitrogen and oxygen atoms in total. The van der Waals surface area contributed by atoms with E-state index in [0.29, 0.717) is 35.4 Å². The van der Waals surface area contributed by atoms with Crippen molar-refractivity contribution >= 4 is 16.8 Å². The molecule has 0 aliphatic rings. The van der Waals surface area contributed by atoms with E-state index < -0.39 is 11.9 Å². The van der Waals surface area contributed by atoms with Crippen molar-refractivity contribution in [3.8, 4) is 0 Å². The average Bonchev–Trinajstić information content (AvgIpc) is 2.80. The summed E-state index contributed by atoms with van der Waals surface area (Å²) in [5, 5.41) is 0.572. The molecule has 1 unspecified atom stereocenters. The second-order valence-electron chi connectivity index (χ2n) is 8.19. The molecule has 0 bridgehead atoms. The molecule has 3 rings (SSSR count). The zero-order valence-electron chi connectivity index (χ0n) is 19.2. The summed E-state index contributed by atoms with van der Waals surface area (Å²) in [5.74, 6) is -0.129. The van der Waals surface area contributed by atoms with Crippen LogP contribution in [0.4, 0.5) is 4.39 Å². The van der Waals surface area contributed by atoms with Crippen molar-refractivity contribution in [3.63, 3.8) is 0 Å². The molecule has 3 aromatic rings. The first-order valence-electron chi connectivity index (χ1n) is 11.5. The number of para-hydroxylation sites is 1. The molecule has 32 heavy (non-hydrogen) atoms. The monoisotopic (exact) mass is 437 g/mol. The Bertz CT molecular complexity index is 1130. The van der Waals surface area contributed by atoms with Crippen LogP contribution in [0.1, 0.15) is 75.1 Å². The lowest BCUT2D eigenvalue weighted by molar-refractivity contribution is 0.0674. The molecule has 6 heteroatoms. The Hall–Kier alpha value is -3.02. The topological polar surface area (TPSA) is 55.2 Å². The van der Waals surface area contributed by atoms with Gasteiger partial charge in [-0.15, -0.1) is 0 Å². The Kier molecular flexibility index (Phi) is 8.14. The number of hydrogen-bond donors (Lipinski definition) is 0. The van der Waals surface area contributed by atoms with Crippen molar-refractivity contribution < 1.29 is 9.18 Å². The van der Waals surface area contributed by atoms with Crippen LogP contribution in [0.25, 0.3) is 10.9 Å². The van der Waals surface area contributed by atoms with Gasteiger partial charge < -0.3 is 4.90 Å². The van der Waals surface area contributed by atoms with Gasteiger partial charge in [-0.1, -0.05) is 51.3 Å². The fourth-order valence-corrected chi connectivity index (χ4v) is 4.05. The molecule has 0 saturated carbocycles. The number of nitrogens with zero attached hydrogens (tertiary/aromatic N) is 3. The molecular weight excluding hydrogens is 405 g/mol. The highest BCUT2D eigenvalue weighted by Crippen LogP contribution is 2.24. The summed E-state index contributed by atoms with van der Waals surface area (Å²) in [7, 11) is 0. The van der Waals surface area contributed by atoms with Gasteiger partial charge in [-0.3, -0.25) is 14.2 Å². The third kappa shape index (κ3) is 5.23. The van der Waals surface area contributed by atoms with Gasteiger partial charge >= 0.3 is 0 Å². The predicted molar refractivity (Wildman–Crippen MR) is 126 cm³/mol. The second-order valence-corrected chi connectivity index (χ2v) is 8.19. The van der Waals surface area contributed by atoms with Crippen LogP contribution in [0.15, 0.2) is 53.3 Å². The van der Waals surface area contributed by atoms with E-state index >= 15 is 0 Å². The molecule has 1 heterocycles. The molecule has 2 aromatic carbocycles. The summed E-state index contributed by atoms with van der Waals surface area (Å²) in [6.45, 7) is 7.09. The highest BCUT2D eigenvalue weighted by molar-refractivity contribution is 5.94. The molecule has 0 fully saturated rings. The number of unbranched alkanes of at least 4 members (excludes halogenated alkanes) is 3. The van der Waals surface area contributed by atoms with E-state index in [9.17, 15) is 14.0 Å². The molecule has 0 aliphatic heterocycles. The van der Waals surface area contributed by atoms with Crippen LogP contribution in [0.5, 0.6) is 0 Å². The average molecular weight is 438 g/mol. The van der Waals surface area contributed by atoms with Gasteiger partial charge in [0.2, 0.25) is 0 Å². The summed E-state index contributed by atoms with van der Waals surface area (Å²) in [5.41, 5.74) is 0.830. The lowest BCUT2D eigenvalue weighted by Crippen LogP contribution is -2.38. The van der Waals surface area contributed by atoms with E-state index in [1.807, 2.05) is 32.0 Å². The summed E-state index contributed by atoms with van der Waals surface area (Å²) < 4.78 is 15.5. The molecule has 1 atom stereocenters. The second kappa shape index (κ2) is 11.0. The minimum atomic E-state index is -0.443. The highest BCUT2D eigenvalue weighted by Gasteiger charge is 2.27. The van der Waals surface area contributed by atoms with Gasteiger partial charge in [-0.05, 0) is 50.1 Å². The molecule has 0 saturated heterocycles. The number of carbonyl (C=O) groups is 1. The van der Waals surface area contributed by atoms with Crippen LogP contribution >= 0.6 is 0 Å². The summed E-state index contributed by atoms with van der Waals surface area (Å²) in [6, 6.07) is 12.6. The first-order valence-corrected chi connectivity index (χ1v) is 11.5. The molecule has 0 spiro atoms. The molecule has 0 aliphatic carbocycles. The molecule has 0 radical (unpaired) electrons. The van der Waals surface area contributed by atoms with Crippen molar-refractivity contribution in [2.45, 2.75) is 65.5 Å². The molecule has 1 amide bonds. The van der Waals surface area contributed by atoms with Crippen molar-refractivity contribution in [1.82, 2.24) is 14.5 Å². The number of fused-ring (bicyclic) bond motifs is 1. The number of rotatable bonds is 10. The van der Waals surface area contributed by atoms with Crippen LogP contribution in [-0.4, -0.2) is 26.9 Å². The van der Waals surface area contributed by atoms with Crippen LogP contribution in [0, 0.1) is 5.82 Å². The van der Waals surface area contributed by atoms with E-state index in [1.54, 1.807) is 27.7 Å². The van der Waals surface area contributed by atoms with Crippen molar-refractivity contribution in [1.29, 1.82) is 0 Å². The smallest absolute Gasteiger partial charge is 0.261 e. The van der Waals surface area contributed by atoms with Crippen LogP contribution in [-0.2, 0) is 6.54 Å². The minimum Gasteiger partial charge on any atom is -0.329 e. The van der Waals surface area contributed by atoms with Gasteiger partial charge in [0.15, 0.2) is 0 Å². The van der Waals surface area contributed by atoms with Gasteiger partial charge in [0.25, 0.3) is 11.5 Å². The first-order chi connectivity index (χ1) is 15.5. The van der Waals surface area contributed by atoms with Gasteiger partial charge in [-0.2, -0.15) is 0 Å². The largest absolute Gasteiger partial charge is 0.329 e. The Morgan fingerprint density at radius 1 is 1.06 bits per heavy atom. The van der Waals surface area contributed by atoms with E-state index in [1.165, 1.54) is 12.1 Å². The molecular formula is C26H32FN3O2. The number of aromatic nitrogens is 2. The normalized spacial score (nSPS) is 12.1. The van der Waals surface area contributed by atoms with Crippen LogP contribution in [0.3, 0.4) is 0 Å². The van der Waals surface area contributed by atoms with Crippen LogP contribution in [0.2, 0.25) is 0 Å². The van der Waals surface area contributed by atoms with Gasteiger partial charge in [0.1, 0.15) is 11.6 Å². The quantitative estimate of drug-likeness (QED) is 0.381. The SMILES string of the molecule is CCCCCCN(C(=O)c1cccc(F)c1)C(C)c1nc2ccccc2c(=O)n1CCC. The maximum atomic E-state index is 13.8. The number of carbonyl (C=O) groups excluding carboxylic acids is 1. The third-order valence-electron chi connectivity index (χ3n) is 5.76. The fraction of sp³-hybridized carbons (Fsp3) is 0.423. The lowest BCUT2D eigenvalue weighted by atomic mass is 10.1. The van der Waals surface area contributed by atoms with Gasteiger partial charge in [-0.25, -0.2) is 9.37 Å². The lowest BCUT2D eigenvalue weighted by Gasteiger charge is -2.31. The van der Waals surface area contributed by atoms with E-state index in [0.717, 1.165) is 32.1 Å². The van der Waals surface area contributed by atoms with Gasteiger partial charge in [0.05, 0.1) is 16.9 Å². The molecule has 1 aromatic heterocycles. The number of amides is 1. The van der Waals surface area contributed by atoms with E-state index in [-0.39, 0.29) is 11.5 Å². The summed E-state index contributed by atoms with van der Waals surface area (Å²) in [6.07, 6.45) is 4.79. The number of benzene rings is 2. The third-order valence-corrected chi connectivity index (χ3v) is 5.76. The maximum Gasteiger partial charge on any atom is 0.261 e. The molecule has 170 valence electrons. The van der Waals surface area contributed by atoms with E-state index in [2.05, 4.69) is 6.92 Å². The van der Waals surface area contributed by atoms with Crippen LogP contribution < -0.4 is 5.56 Å². The first kappa shape index (κ1) is 23.6. The number of halogens is 1. The maximum absolute atomic E-state index is 13.8. The zero-order chi connectivity index (χ0) is 23.1. The summed E-state index contributed by atoms with van der Waals surface area (Å²) in [4.78, 5) is 33.2. The molecule has 0 N–H and O–H groups in total. The Morgan fingerprint density at radius 2 is 1.84 bits per heavy atom. The fourth-order valence-electron chi connectivity index (χ4n) is 4.05. The van der Waals surface area contributed by atoms with Gasteiger partial charge in [0, 0.05) is 18.7 Å². The standard InChI is InChI=1S/C26H32FN3O2/c1-4-6-7-10-17-29(25(31)20-12-11-13-21(27)18-20)19(3)24-28-23-15-9-8-14-22(23)26(32)30(24)16-5-2/h8-9,11-15,18-19H,4-7,10,16-17H2,1-3H3. The minimum absolute atomic E-state index is 0.0940. The highest BCUT2D eigenvalue weighted by atomic mass is 19.1. The van der Waals surface area contributed by atoms with Crippen molar-refractivity contribution in [2.24, 2.45) is 0 Å².